The number of nitrogens with zero attached hydrogens (tertiary/aromatic N) is 2. The normalized spacial score (nSPS) is 14.5. The second-order valence-electron chi connectivity index (χ2n) is 4.05. The summed E-state index contributed by atoms with van der Waals surface area (Å²) in [5.74, 6) is 0. The smallest absolute Gasteiger partial charge is 0.0919 e. The maximum absolute atomic E-state index is 6.21. The first-order chi connectivity index (χ1) is 8.22. The standard InChI is InChI=1S/C13H16BrN3/c1-2-12(15)13(17-9-3-8-16-17)10-4-6-11(14)7-5-10/h3-9,12-13H,2,15H2,1H3. The number of hydrogen-bond acceptors (Lipinski definition) is 2. The lowest BCUT2D eigenvalue weighted by atomic mass is 9.98. The number of halogens is 1. The zero-order valence-electron chi connectivity index (χ0n) is 9.75. The monoisotopic (exact) mass is 293 g/mol. The lowest BCUT2D eigenvalue weighted by molar-refractivity contribution is 0.424. The molecule has 0 amide bonds. The maximum atomic E-state index is 6.21. The van der Waals surface area contributed by atoms with Gasteiger partial charge in [-0.1, -0.05) is 35.0 Å². The molecule has 1 aromatic heterocycles. The molecule has 0 radical (unpaired) electrons. The summed E-state index contributed by atoms with van der Waals surface area (Å²) in [5.41, 5.74) is 7.39. The topological polar surface area (TPSA) is 43.8 Å². The van der Waals surface area contributed by atoms with Gasteiger partial charge >= 0.3 is 0 Å². The van der Waals surface area contributed by atoms with Gasteiger partial charge < -0.3 is 5.73 Å². The van der Waals surface area contributed by atoms with Crippen molar-refractivity contribution < 1.29 is 0 Å². The molecule has 0 aliphatic heterocycles. The van der Waals surface area contributed by atoms with Gasteiger partial charge in [0, 0.05) is 22.9 Å². The lowest BCUT2D eigenvalue weighted by Crippen LogP contribution is -2.32. The Hall–Kier alpha value is -1.13. The van der Waals surface area contributed by atoms with Crippen LogP contribution in [-0.2, 0) is 0 Å². The minimum absolute atomic E-state index is 0.0658. The van der Waals surface area contributed by atoms with Crippen LogP contribution in [0.5, 0.6) is 0 Å². The third-order valence-corrected chi connectivity index (χ3v) is 3.43. The van der Waals surface area contributed by atoms with E-state index in [1.807, 2.05) is 29.1 Å². The fraction of sp³-hybridized carbons (Fsp3) is 0.308. The number of rotatable bonds is 4. The minimum atomic E-state index is 0.0658. The number of nitrogens with two attached hydrogens (primary N) is 1. The molecule has 0 saturated heterocycles. The molecule has 0 saturated carbocycles. The molecule has 2 rings (SSSR count). The molecular formula is C13H16BrN3. The van der Waals surface area contributed by atoms with Crippen molar-refractivity contribution in [1.29, 1.82) is 0 Å². The predicted octanol–water partition coefficient (Wildman–Crippen LogP) is 2.97. The molecule has 4 heteroatoms. The molecule has 2 N–H and O–H groups in total. The second-order valence-corrected chi connectivity index (χ2v) is 4.97. The first-order valence-corrected chi connectivity index (χ1v) is 6.52. The van der Waals surface area contributed by atoms with Gasteiger partial charge in [-0.2, -0.15) is 5.10 Å². The number of aromatic nitrogens is 2. The van der Waals surface area contributed by atoms with E-state index in [1.165, 1.54) is 5.56 Å². The highest BCUT2D eigenvalue weighted by atomic mass is 79.9. The zero-order chi connectivity index (χ0) is 12.3. The Morgan fingerprint density at radius 2 is 2.06 bits per heavy atom. The fourth-order valence-electron chi connectivity index (χ4n) is 1.92. The summed E-state index contributed by atoms with van der Waals surface area (Å²) < 4.78 is 3.00. The first kappa shape index (κ1) is 12.3. The third kappa shape index (κ3) is 2.76. The number of benzene rings is 1. The van der Waals surface area contributed by atoms with Crippen molar-refractivity contribution >= 4 is 15.9 Å². The maximum Gasteiger partial charge on any atom is 0.0919 e. The lowest BCUT2D eigenvalue weighted by Gasteiger charge is -2.24. The summed E-state index contributed by atoms with van der Waals surface area (Å²) in [7, 11) is 0. The molecule has 0 bridgehead atoms. The quantitative estimate of drug-likeness (QED) is 0.942. The van der Waals surface area contributed by atoms with E-state index < -0.39 is 0 Å². The molecule has 1 aromatic carbocycles. The van der Waals surface area contributed by atoms with Crippen LogP contribution in [0.4, 0.5) is 0 Å². The van der Waals surface area contributed by atoms with E-state index in [9.17, 15) is 0 Å². The van der Waals surface area contributed by atoms with Crippen molar-refractivity contribution in [3.05, 3.63) is 52.8 Å². The van der Waals surface area contributed by atoms with Gasteiger partial charge in [-0.15, -0.1) is 0 Å². The Morgan fingerprint density at radius 1 is 1.35 bits per heavy atom. The van der Waals surface area contributed by atoms with Crippen LogP contribution in [0.2, 0.25) is 0 Å². The average molecular weight is 294 g/mol. The highest BCUT2D eigenvalue weighted by molar-refractivity contribution is 9.10. The Labute approximate surface area is 110 Å². The van der Waals surface area contributed by atoms with Gasteiger partial charge in [-0.05, 0) is 30.2 Å². The zero-order valence-corrected chi connectivity index (χ0v) is 11.3. The molecule has 2 unspecified atom stereocenters. The van der Waals surface area contributed by atoms with Crippen LogP contribution < -0.4 is 5.73 Å². The van der Waals surface area contributed by atoms with E-state index in [0.717, 1.165) is 10.9 Å². The Kier molecular flexibility index (Phi) is 3.97. The molecule has 90 valence electrons. The van der Waals surface area contributed by atoms with Crippen molar-refractivity contribution in [2.45, 2.75) is 25.4 Å². The second kappa shape index (κ2) is 5.47. The van der Waals surface area contributed by atoms with E-state index in [-0.39, 0.29) is 12.1 Å². The van der Waals surface area contributed by atoms with Crippen LogP contribution in [-0.4, -0.2) is 15.8 Å². The molecule has 0 aliphatic carbocycles. The highest BCUT2D eigenvalue weighted by Crippen LogP contribution is 2.23. The summed E-state index contributed by atoms with van der Waals surface area (Å²) in [6, 6.07) is 10.3. The molecule has 3 nitrogen and oxygen atoms in total. The Bertz CT molecular complexity index is 450. The summed E-state index contributed by atoms with van der Waals surface area (Å²) in [6.07, 6.45) is 4.66. The van der Waals surface area contributed by atoms with Gasteiger partial charge in [-0.3, -0.25) is 4.68 Å². The van der Waals surface area contributed by atoms with Crippen LogP contribution in [0.25, 0.3) is 0 Å². The molecule has 0 aliphatic rings. The minimum Gasteiger partial charge on any atom is -0.326 e. The van der Waals surface area contributed by atoms with Crippen LogP contribution in [0.1, 0.15) is 24.9 Å². The largest absolute Gasteiger partial charge is 0.326 e. The van der Waals surface area contributed by atoms with Crippen LogP contribution in [0.15, 0.2) is 47.2 Å². The summed E-state index contributed by atoms with van der Waals surface area (Å²) in [6.45, 7) is 2.10. The van der Waals surface area contributed by atoms with Gasteiger partial charge in [0.2, 0.25) is 0 Å². The summed E-state index contributed by atoms with van der Waals surface area (Å²) >= 11 is 3.44. The fourth-order valence-corrected chi connectivity index (χ4v) is 2.19. The molecule has 0 fully saturated rings. The van der Waals surface area contributed by atoms with Crippen molar-refractivity contribution in [3.63, 3.8) is 0 Å². The van der Waals surface area contributed by atoms with Gasteiger partial charge in [0.1, 0.15) is 0 Å². The van der Waals surface area contributed by atoms with Crippen LogP contribution >= 0.6 is 15.9 Å². The number of hydrogen-bond donors (Lipinski definition) is 1. The molecule has 0 spiro atoms. The van der Waals surface area contributed by atoms with Crippen molar-refractivity contribution in [2.75, 3.05) is 0 Å². The first-order valence-electron chi connectivity index (χ1n) is 5.72. The summed E-state index contributed by atoms with van der Waals surface area (Å²) in [5, 5.41) is 4.31. The van der Waals surface area contributed by atoms with Gasteiger partial charge in [-0.25, -0.2) is 0 Å². The average Bonchev–Trinajstić information content (AvgIpc) is 2.85. The van der Waals surface area contributed by atoms with E-state index in [2.05, 4.69) is 40.1 Å². The molecule has 1 heterocycles. The predicted molar refractivity (Wildman–Crippen MR) is 72.8 cm³/mol. The summed E-state index contributed by atoms with van der Waals surface area (Å²) in [4.78, 5) is 0. The van der Waals surface area contributed by atoms with Gasteiger partial charge in [0.25, 0.3) is 0 Å². The van der Waals surface area contributed by atoms with E-state index >= 15 is 0 Å². The molecule has 2 aromatic rings. The van der Waals surface area contributed by atoms with Crippen molar-refractivity contribution in [2.24, 2.45) is 5.73 Å². The van der Waals surface area contributed by atoms with Crippen LogP contribution in [0, 0.1) is 0 Å². The van der Waals surface area contributed by atoms with Crippen LogP contribution in [0.3, 0.4) is 0 Å². The van der Waals surface area contributed by atoms with E-state index in [1.54, 1.807) is 6.20 Å². The van der Waals surface area contributed by atoms with Crippen molar-refractivity contribution in [1.82, 2.24) is 9.78 Å². The molecule has 2 atom stereocenters. The van der Waals surface area contributed by atoms with E-state index in [0.29, 0.717) is 0 Å². The van der Waals surface area contributed by atoms with E-state index in [4.69, 9.17) is 5.73 Å². The molecular weight excluding hydrogens is 278 g/mol. The molecule has 17 heavy (non-hydrogen) atoms. The van der Waals surface area contributed by atoms with Gasteiger partial charge in [0.05, 0.1) is 6.04 Å². The van der Waals surface area contributed by atoms with Crippen molar-refractivity contribution in [3.8, 4) is 0 Å². The Morgan fingerprint density at radius 3 is 2.59 bits per heavy atom. The highest BCUT2D eigenvalue weighted by Gasteiger charge is 2.20. The SMILES string of the molecule is CCC(N)C(c1ccc(Br)cc1)n1cccn1. The van der Waals surface area contributed by atoms with Gasteiger partial charge in [0.15, 0.2) is 0 Å². The third-order valence-electron chi connectivity index (χ3n) is 2.90. The Balaban J connectivity index is 2.37.